The van der Waals surface area contributed by atoms with Crippen molar-refractivity contribution in [1.82, 2.24) is 0 Å². The van der Waals surface area contributed by atoms with Crippen molar-refractivity contribution in [2.45, 2.75) is 38.2 Å². The van der Waals surface area contributed by atoms with Crippen molar-refractivity contribution in [2.75, 3.05) is 11.5 Å². The standard InChI is InChI=1S/C15H20O3S/c1-15(2,9-14(16)17)12-5-3-4-6-13(12)18-11-7-8-19-10-11/h3-6,11H,7-10H2,1-2H3,(H,16,17). The number of thioether (sulfide) groups is 1. The summed E-state index contributed by atoms with van der Waals surface area (Å²) in [5.41, 5.74) is 0.558. The Morgan fingerprint density at radius 1 is 1.47 bits per heavy atom. The normalized spacial score (nSPS) is 19.4. The van der Waals surface area contributed by atoms with E-state index < -0.39 is 11.4 Å². The Bertz CT molecular complexity index is 450. The number of para-hydroxylation sites is 1. The first-order valence-corrected chi connectivity index (χ1v) is 7.70. The molecule has 1 fully saturated rings. The summed E-state index contributed by atoms with van der Waals surface area (Å²) in [6.45, 7) is 3.90. The van der Waals surface area contributed by atoms with Gasteiger partial charge in [-0.05, 0) is 18.2 Å². The first kappa shape index (κ1) is 14.3. The van der Waals surface area contributed by atoms with Crippen LogP contribution in [0.15, 0.2) is 24.3 Å². The molecule has 0 radical (unpaired) electrons. The Labute approximate surface area is 118 Å². The van der Waals surface area contributed by atoms with Crippen LogP contribution in [0.4, 0.5) is 0 Å². The van der Waals surface area contributed by atoms with Crippen LogP contribution < -0.4 is 4.74 Å². The smallest absolute Gasteiger partial charge is 0.304 e. The zero-order valence-corrected chi connectivity index (χ0v) is 12.2. The third-order valence-electron chi connectivity index (χ3n) is 3.39. The summed E-state index contributed by atoms with van der Waals surface area (Å²) in [6, 6.07) is 7.80. The van der Waals surface area contributed by atoms with Crippen molar-refractivity contribution in [3.63, 3.8) is 0 Å². The summed E-state index contributed by atoms with van der Waals surface area (Å²) in [7, 11) is 0. The lowest BCUT2D eigenvalue weighted by Crippen LogP contribution is -2.24. The van der Waals surface area contributed by atoms with Crippen LogP contribution in [0.1, 0.15) is 32.3 Å². The van der Waals surface area contributed by atoms with Crippen molar-refractivity contribution in [3.05, 3.63) is 29.8 Å². The van der Waals surface area contributed by atoms with Crippen molar-refractivity contribution in [1.29, 1.82) is 0 Å². The summed E-state index contributed by atoms with van der Waals surface area (Å²) >= 11 is 1.91. The first-order chi connectivity index (χ1) is 8.99. The molecule has 1 unspecified atom stereocenters. The molecule has 0 saturated carbocycles. The molecular formula is C15H20O3S. The number of carboxylic acids is 1. The second-order valence-corrected chi connectivity index (χ2v) is 6.70. The molecule has 1 N–H and O–H groups in total. The highest BCUT2D eigenvalue weighted by Gasteiger charge is 2.28. The maximum Gasteiger partial charge on any atom is 0.304 e. The number of carboxylic acid groups (broad SMARTS) is 1. The molecule has 104 valence electrons. The fourth-order valence-electron chi connectivity index (χ4n) is 2.39. The van der Waals surface area contributed by atoms with Gasteiger partial charge >= 0.3 is 5.97 Å². The number of rotatable bonds is 5. The van der Waals surface area contributed by atoms with Crippen LogP contribution >= 0.6 is 11.8 Å². The second-order valence-electron chi connectivity index (χ2n) is 5.55. The minimum Gasteiger partial charge on any atom is -0.489 e. The van der Waals surface area contributed by atoms with Gasteiger partial charge in [0.2, 0.25) is 0 Å². The summed E-state index contributed by atoms with van der Waals surface area (Å²) in [5, 5.41) is 9.04. The predicted octanol–water partition coefficient (Wildman–Crippen LogP) is 3.32. The van der Waals surface area contributed by atoms with Gasteiger partial charge in [0.15, 0.2) is 0 Å². The van der Waals surface area contributed by atoms with Gasteiger partial charge in [0, 0.05) is 16.7 Å². The highest BCUT2D eigenvalue weighted by Crippen LogP contribution is 2.35. The van der Waals surface area contributed by atoms with Crippen molar-refractivity contribution in [2.24, 2.45) is 0 Å². The molecule has 0 bridgehead atoms. The largest absolute Gasteiger partial charge is 0.489 e. The van der Waals surface area contributed by atoms with E-state index in [1.165, 1.54) is 0 Å². The van der Waals surface area contributed by atoms with Gasteiger partial charge in [0.1, 0.15) is 11.9 Å². The monoisotopic (exact) mass is 280 g/mol. The lowest BCUT2D eigenvalue weighted by atomic mass is 9.81. The third-order valence-corrected chi connectivity index (χ3v) is 4.52. The topological polar surface area (TPSA) is 46.5 Å². The molecule has 1 aromatic rings. The Hall–Kier alpha value is -1.16. The molecule has 1 aromatic carbocycles. The number of hydrogen-bond acceptors (Lipinski definition) is 3. The van der Waals surface area contributed by atoms with E-state index in [9.17, 15) is 4.79 Å². The number of hydrogen-bond donors (Lipinski definition) is 1. The maximum absolute atomic E-state index is 11.0. The summed E-state index contributed by atoms with van der Waals surface area (Å²) in [4.78, 5) is 11.0. The zero-order valence-electron chi connectivity index (χ0n) is 11.4. The Morgan fingerprint density at radius 3 is 2.84 bits per heavy atom. The average Bonchev–Trinajstić information content (AvgIpc) is 2.80. The van der Waals surface area contributed by atoms with E-state index in [1.54, 1.807) is 0 Å². The van der Waals surface area contributed by atoms with Gasteiger partial charge in [0.25, 0.3) is 0 Å². The molecular weight excluding hydrogens is 260 g/mol. The van der Waals surface area contributed by atoms with Gasteiger partial charge in [-0.3, -0.25) is 4.79 Å². The minimum atomic E-state index is -0.781. The number of benzene rings is 1. The molecule has 1 heterocycles. The van der Waals surface area contributed by atoms with Crippen LogP contribution in [-0.2, 0) is 10.2 Å². The Kier molecular flexibility index (Phi) is 4.40. The van der Waals surface area contributed by atoms with E-state index in [0.29, 0.717) is 0 Å². The van der Waals surface area contributed by atoms with Gasteiger partial charge in [-0.25, -0.2) is 0 Å². The fourth-order valence-corrected chi connectivity index (χ4v) is 3.48. The van der Waals surface area contributed by atoms with Crippen LogP contribution in [-0.4, -0.2) is 28.7 Å². The summed E-state index contributed by atoms with van der Waals surface area (Å²) in [5.74, 6) is 2.22. The third kappa shape index (κ3) is 3.66. The van der Waals surface area contributed by atoms with Crippen molar-refractivity contribution >= 4 is 17.7 Å². The Morgan fingerprint density at radius 2 is 2.21 bits per heavy atom. The minimum absolute atomic E-state index is 0.104. The van der Waals surface area contributed by atoms with E-state index in [4.69, 9.17) is 9.84 Å². The molecule has 4 heteroatoms. The first-order valence-electron chi connectivity index (χ1n) is 6.55. The van der Waals surface area contributed by atoms with E-state index in [2.05, 4.69) is 0 Å². The van der Waals surface area contributed by atoms with Gasteiger partial charge in [-0.1, -0.05) is 32.0 Å². The summed E-state index contributed by atoms with van der Waals surface area (Å²) < 4.78 is 6.06. The fraction of sp³-hybridized carbons (Fsp3) is 0.533. The molecule has 0 aromatic heterocycles. The van der Waals surface area contributed by atoms with Crippen LogP contribution in [0, 0.1) is 0 Å². The van der Waals surface area contributed by atoms with Crippen LogP contribution in [0.5, 0.6) is 5.75 Å². The van der Waals surface area contributed by atoms with Crippen LogP contribution in [0.25, 0.3) is 0 Å². The van der Waals surface area contributed by atoms with Crippen molar-refractivity contribution < 1.29 is 14.6 Å². The van der Waals surface area contributed by atoms with Crippen LogP contribution in [0.2, 0.25) is 0 Å². The molecule has 0 amide bonds. The van der Waals surface area contributed by atoms with E-state index in [0.717, 1.165) is 29.2 Å². The maximum atomic E-state index is 11.0. The molecule has 0 spiro atoms. The molecule has 19 heavy (non-hydrogen) atoms. The SMILES string of the molecule is CC(C)(CC(=O)O)c1ccccc1OC1CCSC1. The van der Waals surface area contributed by atoms with Gasteiger partial charge < -0.3 is 9.84 Å². The van der Waals surface area contributed by atoms with E-state index in [-0.39, 0.29) is 12.5 Å². The Balaban J connectivity index is 2.21. The lowest BCUT2D eigenvalue weighted by Gasteiger charge is -2.27. The highest BCUT2D eigenvalue weighted by molar-refractivity contribution is 7.99. The molecule has 1 aliphatic rings. The molecule has 3 nitrogen and oxygen atoms in total. The quantitative estimate of drug-likeness (QED) is 0.898. The average molecular weight is 280 g/mol. The van der Waals surface area contributed by atoms with E-state index >= 15 is 0 Å². The molecule has 1 saturated heterocycles. The number of carbonyl (C=O) groups is 1. The highest BCUT2D eigenvalue weighted by atomic mass is 32.2. The predicted molar refractivity (Wildman–Crippen MR) is 78.1 cm³/mol. The summed E-state index contributed by atoms with van der Waals surface area (Å²) in [6.07, 6.45) is 1.43. The van der Waals surface area contributed by atoms with E-state index in [1.807, 2.05) is 49.9 Å². The molecule has 0 aliphatic carbocycles. The zero-order chi connectivity index (χ0) is 13.9. The lowest BCUT2D eigenvalue weighted by molar-refractivity contribution is -0.138. The van der Waals surface area contributed by atoms with Crippen molar-refractivity contribution in [3.8, 4) is 5.75 Å². The van der Waals surface area contributed by atoms with Gasteiger partial charge in [-0.15, -0.1) is 0 Å². The number of aliphatic carboxylic acids is 1. The molecule has 1 aliphatic heterocycles. The van der Waals surface area contributed by atoms with Crippen LogP contribution in [0.3, 0.4) is 0 Å². The van der Waals surface area contributed by atoms with Gasteiger partial charge in [0.05, 0.1) is 6.42 Å². The second kappa shape index (κ2) is 5.87. The molecule has 1 atom stereocenters. The van der Waals surface area contributed by atoms with Gasteiger partial charge in [-0.2, -0.15) is 11.8 Å². The molecule has 2 rings (SSSR count). The number of ether oxygens (including phenoxy) is 1.